The number of hydrogen-bond donors (Lipinski definition) is 1. The van der Waals surface area contributed by atoms with Gasteiger partial charge in [0.1, 0.15) is 23.9 Å². The molecular formula is C25H25N5O3. The summed E-state index contributed by atoms with van der Waals surface area (Å²) in [6.07, 6.45) is 3.32. The quantitative estimate of drug-likeness (QED) is 0.451. The fourth-order valence-electron chi connectivity index (χ4n) is 4.03. The molecule has 2 heterocycles. The number of amides is 2. The molecule has 8 nitrogen and oxygen atoms in total. The van der Waals surface area contributed by atoms with Crippen LogP contribution >= 0.6 is 0 Å². The van der Waals surface area contributed by atoms with Gasteiger partial charge < -0.3 is 14.6 Å². The van der Waals surface area contributed by atoms with E-state index in [1.807, 2.05) is 55.5 Å². The molecule has 1 N–H and O–H groups in total. The Bertz CT molecular complexity index is 1260. The van der Waals surface area contributed by atoms with Gasteiger partial charge in [0.2, 0.25) is 11.8 Å². The summed E-state index contributed by atoms with van der Waals surface area (Å²) in [4.78, 5) is 28.7. The number of aryl methyl sites for hydroxylation is 1. The van der Waals surface area contributed by atoms with Gasteiger partial charge in [-0.2, -0.15) is 0 Å². The molecule has 33 heavy (non-hydrogen) atoms. The van der Waals surface area contributed by atoms with Crippen LogP contribution in [0.15, 0.2) is 71.3 Å². The number of hydrogen-bond acceptors (Lipinski definition) is 5. The van der Waals surface area contributed by atoms with Gasteiger partial charge in [-0.1, -0.05) is 47.2 Å². The van der Waals surface area contributed by atoms with Gasteiger partial charge in [-0.05, 0) is 49.6 Å². The minimum atomic E-state index is -0.740. The monoisotopic (exact) mass is 443 g/mol. The molecule has 1 fully saturated rings. The molecule has 2 aromatic heterocycles. The van der Waals surface area contributed by atoms with Crippen LogP contribution in [0.2, 0.25) is 0 Å². The van der Waals surface area contributed by atoms with Crippen LogP contribution in [-0.4, -0.2) is 37.7 Å². The molecule has 4 aromatic rings. The van der Waals surface area contributed by atoms with E-state index in [-0.39, 0.29) is 30.9 Å². The average molecular weight is 444 g/mol. The molecule has 0 radical (unpaired) electrons. The number of carbonyl (C=O) groups excluding carboxylic acids is 2. The maximum atomic E-state index is 13.6. The van der Waals surface area contributed by atoms with Crippen LogP contribution < -0.4 is 5.32 Å². The molecule has 0 aliphatic heterocycles. The zero-order chi connectivity index (χ0) is 22.8. The molecule has 1 atom stereocenters. The van der Waals surface area contributed by atoms with E-state index in [0.717, 1.165) is 35.0 Å². The highest BCUT2D eigenvalue weighted by Gasteiger charge is 2.41. The molecule has 1 saturated carbocycles. The van der Waals surface area contributed by atoms with Crippen molar-refractivity contribution < 1.29 is 14.0 Å². The van der Waals surface area contributed by atoms with Gasteiger partial charge in [-0.15, -0.1) is 5.10 Å². The summed E-state index contributed by atoms with van der Waals surface area (Å²) in [6, 6.07) is 18.1. The third-order valence-corrected chi connectivity index (χ3v) is 5.87. The third kappa shape index (κ3) is 4.50. The summed E-state index contributed by atoms with van der Waals surface area (Å²) in [5, 5.41) is 11.3. The van der Waals surface area contributed by atoms with Crippen molar-refractivity contribution in [2.45, 2.75) is 44.9 Å². The molecule has 168 valence electrons. The maximum Gasteiger partial charge on any atom is 0.247 e. The molecule has 8 heteroatoms. The smallest absolute Gasteiger partial charge is 0.247 e. The average Bonchev–Trinajstić information content (AvgIpc) is 3.36. The Hall–Kier alpha value is -3.94. The molecule has 5 rings (SSSR count). The first-order chi connectivity index (χ1) is 16.1. The number of rotatable bonds is 8. The van der Waals surface area contributed by atoms with Gasteiger partial charge in [0.05, 0.1) is 18.3 Å². The zero-order valence-electron chi connectivity index (χ0n) is 18.3. The van der Waals surface area contributed by atoms with Crippen molar-refractivity contribution in [3.8, 4) is 0 Å². The molecule has 0 spiro atoms. The van der Waals surface area contributed by atoms with E-state index in [4.69, 9.17) is 4.42 Å². The predicted octanol–water partition coefficient (Wildman–Crippen LogP) is 3.38. The predicted molar refractivity (Wildman–Crippen MR) is 122 cm³/mol. The Morgan fingerprint density at radius 1 is 1.12 bits per heavy atom. The van der Waals surface area contributed by atoms with Gasteiger partial charge in [0.15, 0.2) is 0 Å². The molecule has 1 unspecified atom stereocenters. The maximum absolute atomic E-state index is 13.6. The summed E-state index contributed by atoms with van der Waals surface area (Å²) in [5.74, 6) is 0.259. The van der Waals surface area contributed by atoms with Gasteiger partial charge >= 0.3 is 0 Å². The highest BCUT2D eigenvalue weighted by atomic mass is 16.3. The molecule has 2 amide bonds. The summed E-state index contributed by atoms with van der Waals surface area (Å²) >= 11 is 0. The lowest BCUT2D eigenvalue weighted by Gasteiger charge is -2.31. The number of carbonyl (C=O) groups is 2. The molecule has 1 aliphatic carbocycles. The minimum Gasteiger partial charge on any atom is -0.467 e. The van der Waals surface area contributed by atoms with E-state index in [2.05, 4.69) is 15.6 Å². The van der Waals surface area contributed by atoms with Crippen molar-refractivity contribution in [1.82, 2.24) is 25.2 Å². The second-order valence-electron chi connectivity index (χ2n) is 8.38. The number of fused-ring (bicyclic) bond motifs is 1. The molecule has 2 aromatic carbocycles. The van der Waals surface area contributed by atoms with Crippen molar-refractivity contribution in [1.29, 1.82) is 0 Å². The van der Waals surface area contributed by atoms with E-state index >= 15 is 0 Å². The van der Waals surface area contributed by atoms with Crippen LogP contribution in [0, 0.1) is 6.92 Å². The highest BCUT2D eigenvalue weighted by Crippen LogP contribution is 2.35. The number of nitrogens with one attached hydrogen (secondary N) is 1. The Kier molecular flexibility index (Phi) is 5.64. The Balaban J connectivity index is 1.44. The van der Waals surface area contributed by atoms with Gasteiger partial charge in [0.25, 0.3) is 0 Å². The van der Waals surface area contributed by atoms with Gasteiger partial charge in [-0.25, -0.2) is 4.68 Å². The van der Waals surface area contributed by atoms with Crippen LogP contribution in [0.3, 0.4) is 0 Å². The molecule has 0 bridgehead atoms. The van der Waals surface area contributed by atoms with E-state index in [1.54, 1.807) is 28.0 Å². The lowest BCUT2D eigenvalue weighted by atomic mass is 10.0. The van der Waals surface area contributed by atoms with Crippen molar-refractivity contribution >= 4 is 22.8 Å². The minimum absolute atomic E-state index is 0.0187. The van der Waals surface area contributed by atoms with Crippen molar-refractivity contribution in [3.63, 3.8) is 0 Å². The van der Waals surface area contributed by atoms with Crippen LogP contribution in [0.4, 0.5) is 0 Å². The largest absolute Gasteiger partial charge is 0.467 e. The van der Waals surface area contributed by atoms with Gasteiger partial charge in [-0.3, -0.25) is 9.59 Å². The lowest BCUT2D eigenvalue weighted by molar-refractivity contribution is -0.142. The number of nitrogens with zero attached hydrogens (tertiary/aromatic N) is 4. The topological polar surface area (TPSA) is 93.3 Å². The lowest BCUT2D eigenvalue weighted by Crippen LogP contribution is -2.46. The molecular weight excluding hydrogens is 418 g/mol. The second kappa shape index (κ2) is 8.90. The van der Waals surface area contributed by atoms with Crippen molar-refractivity contribution in [2.24, 2.45) is 0 Å². The van der Waals surface area contributed by atoms with E-state index in [1.165, 1.54) is 0 Å². The molecule has 1 aliphatic rings. The Morgan fingerprint density at radius 3 is 2.64 bits per heavy atom. The van der Waals surface area contributed by atoms with Crippen molar-refractivity contribution in [3.05, 3.63) is 83.8 Å². The summed E-state index contributed by atoms with van der Waals surface area (Å²) in [7, 11) is 0. The number of para-hydroxylation sites is 1. The van der Waals surface area contributed by atoms with E-state index in [0.29, 0.717) is 5.76 Å². The normalized spacial score (nSPS) is 14.2. The zero-order valence-corrected chi connectivity index (χ0v) is 18.3. The van der Waals surface area contributed by atoms with Crippen LogP contribution in [0.25, 0.3) is 11.0 Å². The van der Waals surface area contributed by atoms with Crippen LogP contribution in [0.5, 0.6) is 0 Å². The SMILES string of the molecule is Cc1ccc(C(C(=O)NCc2ccco2)N(C(=O)Cn2nnc3ccccc32)C2CC2)cc1. The first-order valence-electron chi connectivity index (χ1n) is 11.1. The second-order valence-corrected chi connectivity index (χ2v) is 8.38. The summed E-state index contributed by atoms with van der Waals surface area (Å²) in [6.45, 7) is 2.27. The van der Waals surface area contributed by atoms with Crippen LogP contribution in [0.1, 0.15) is 35.8 Å². The first-order valence-corrected chi connectivity index (χ1v) is 11.1. The van der Waals surface area contributed by atoms with Crippen molar-refractivity contribution in [2.75, 3.05) is 0 Å². The number of furan rings is 1. The first kappa shape index (κ1) is 20.9. The third-order valence-electron chi connectivity index (χ3n) is 5.87. The fraction of sp³-hybridized carbons (Fsp3) is 0.280. The Labute approximate surface area is 191 Å². The van der Waals surface area contributed by atoms with E-state index < -0.39 is 6.04 Å². The summed E-state index contributed by atoms with van der Waals surface area (Å²) < 4.78 is 6.95. The Morgan fingerprint density at radius 2 is 1.91 bits per heavy atom. The number of aromatic nitrogens is 3. The fourth-order valence-corrected chi connectivity index (χ4v) is 4.03. The molecule has 0 saturated heterocycles. The number of benzene rings is 2. The van der Waals surface area contributed by atoms with Gasteiger partial charge in [0, 0.05) is 6.04 Å². The standard InChI is InChI=1S/C25H25N5O3/c1-17-8-10-18(11-9-17)24(25(32)26-15-20-5-4-14-33-20)30(19-12-13-19)23(31)16-29-22-7-3-2-6-21(22)27-28-29/h2-11,14,19,24H,12-13,15-16H2,1H3,(H,26,32). The van der Waals surface area contributed by atoms with E-state index in [9.17, 15) is 9.59 Å². The van der Waals surface area contributed by atoms with Crippen LogP contribution in [-0.2, 0) is 22.7 Å². The summed E-state index contributed by atoms with van der Waals surface area (Å²) in [5.41, 5.74) is 3.39. The highest BCUT2D eigenvalue weighted by molar-refractivity contribution is 5.89.